The summed E-state index contributed by atoms with van der Waals surface area (Å²) in [7, 11) is 0. The summed E-state index contributed by atoms with van der Waals surface area (Å²) in [5, 5.41) is 2.99. The molecule has 1 aliphatic carbocycles. The van der Waals surface area contributed by atoms with Crippen molar-refractivity contribution in [2.45, 2.75) is 58.8 Å². The Labute approximate surface area is 168 Å². The molecule has 152 valence electrons. The van der Waals surface area contributed by atoms with Gasteiger partial charge >= 0.3 is 0 Å². The van der Waals surface area contributed by atoms with E-state index in [2.05, 4.69) is 11.9 Å². The van der Waals surface area contributed by atoms with E-state index < -0.39 is 5.41 Å². The van der Waals surface area contributed by atoms with Crippen LogP contribution < -0.4 is 15.0 Å². The van der Waals surface area contributed by atoms with E-state index in [9.17, 15) is 9.59 Å². The molecule has 1 saturated carbocycles. The molecule has 2 aliphatic rings. The third-order valence-corrected chi connectivity index (χ3v) is 5.76. The molecular weight excluding hydrogens is 352 g/mol. The normalized spacial score (nSPS) is 19.4. The summed E-state index contributed by atoms with van der Waals surface area (Å²) in [4.78, 5) is 26.9. The molecule has 5 heteroatoms. The number of fused-ring (bicyclic) bond motifs is 1. The monoisotopic (exact) mass is 384 g/mol. The Bertz CT molecular complexity index is 735. The van der Waals surface area contributed by atoms with Crippen LogP contribution in [0.3, 0.4) is 0 Å². The summed E-state index contributed by atoms with van der Waals surface area (Å²) in [6.45, 7) is 8.24. The molecule has 1 N–H and O–H groups in total. The number of rotatable bonds is 6. The highest BCUT2D eigenvalue weighted by molar-refractivity contribution is 6.00. The summed E-state index contributed by atoms with van der Waals surface area (Å²) < 4.78 is 5.94. The van der Waals surface area contributed by atoms with Crippen molar-refractivity contribution in [3.8, 4) is 5.75 Å². The topological polar surface area (TPSA) is 58.6 Å². The van der Waals surface area contributed by atoms with Crippen molar-refractivity contribution in [3.05, 3.63) is 30.9 Å². The van der Waals surface area contributed by atoms with Crippen LogP contribution in [0.2, 0.25) is 0 Å². The minimum absolute atomic E-state index is 0.00965. The smallest absolute Gasteiger partial charge is 0.236 e. The van der Waals surface area contributed by atoms with Crippen molar-refractivity contribution >= 4 is 23.2 Å². The lowest BCUT2D eigenvalue weighted by atomic mass is 9.86. The third kappa shape index (κ3) is 4.75. The number of carbonyl (C=O) groups excluding carboxylic acids is 2. The van der Waals surface area contributed by atoms with E-state index in [4.69, 9.17) is 4.74 Å². The Kier molecular flexibility index (Phi) is 6.42. The van der Waals surface area contributed by atoms with Crippen LogP contribution in [0.25, 0.3) is 0 Å². The molecule has 1 aromatic rings. The number of hydrogen-bond acceptors (Lipinski definition) is 3. The molecule has 0 atom stereocenters. The average Bonchev–Trinajstić information content (AvgIpc) is 2.78. The zero-order valence-electron chi connectivity index (χ0n) is 17.1. The second kappa shape index (κ2) is 8.80. The number of nitrogens with zero attached hydrogens (tertiary/aromatic N) is 1. The van der Waals surface area contributed by atoms with Gasteiger partial charge in [-0.15, -0.1) is 6.58 Å². The van der Waals surface area contributed by atoms with Crippen LogP contribution in [0.15, 0.2) is 30.9 Å². The fourth-order valence-electron chi connectivity index (χ4n) is 4.07. The number of benzene rings is 1. The van der Waals surface area contributed by atoms with Gasteiger partial charge in [-0.05, 0) is 38.3 Å². The van der Waals surface area contributed by atoms with Gasteiger partial charge in [0.25, 0.3) is 0 Å². The fraction of sp³-hybridized carbons (Fsp3) is 0.565. The lowest BCUT2D eigenvalue weighted by Crippen LogP contribution is -2.42. The molecule has 0 bridgehead atoms. The van der Waals surface area contributed by atoms with Crippen molar-refractivity contribution in [2.75, 3.05) is 23.4 Å². The molecule has 1 heterocycles. The van der Waals surface area contributed by atoms with Gasteiger partial charge in [0, 0.05) is 24.7 Å². The van der Waals surface area contributed by atoms with E-state index >= 15 is 0 Å². The Balaban J connectivity index is 1.68. The van der Waals surface area contributed by atoms with Gasteiger partial charge in [0.2, 0.25) is 11.8 Å². The van der Waals surface area contributed by atoms with Crippen LogP contribution in [0.1, 0.15) is 58.8 Å². The number of carbonyl (C=O) groups is 2. The zero-order valence-corrected chi connectivity index (χ0v) is 17.1. The van der Waals surface area contributed by atoms with Gasteiger partial charge in [-0.1, -0.05) is 38.2 Å². The predicted octanol–water partition coefficient (Wildman–Crippen LogP) is 4.92. The molecular formula is C23H32N2O3. The van der Waals surface area contributed by atoms with E-state index in [0.717, 1.165) is 12.1 Å². The van der Waals surface area contributed by atoms with Crippen molar-refractivity contribution in [1.82, 2.24) is 0 Å². The summed E-state index contributed by atoms with van der Waals surface area (Å²) in [6.07, 6.45) is 9.66. The highest BCUT2D eigenvalue weighted by Crippen LogP contribution is 2.38. The SMILES string of the molecule is C=CCN1C(=O)C(C)(C)COc2cc(NC(=O)CCC3CCCCC3)ccc21. The Morgan fingerprint density at radius 1 is 1.32 bits per heavy atom. The summed E-state index contributed by atoms with van der Waals surface area (Å²) in [6, 6.07) is 5.50. The number of amides is 2. The summed E-state index contributed by atoms with van der Waals surface area (Å²) in [5.41, 5.74) is 0.805. The molecule has 0 spiro atoms. The van der Waals surface area contributed by atoms with E-state index in [1.807, 2.05) is 32.0 Å². The summed E-state index contributed by atoms with van der Waals surface area (Å²) >= 11 is 0. The predicted molar refractivity (Wildman–Crippen MR) is 113 cm³/mol. The van der Waals surface area contributed by atoms with Crippen LogP contribution in [0, 0.1) is 11.3 Å². The van der Waals surface area contributed by atoms with Crippen molar-refractivity contribution in [2.24, 2.45) is 11.3 Å². The Hall–Kier alpha value is -2.30. The van der Waals surface area contributed by atoms with Crippen molar-refractivity contribution in [1.29, 1.82) is 0 Å². The van der Waals surface area contributed by atoms with Gasteiger partial charge in [-0.2, -0.15) is 0 Å². The van der Waals surface area contributed by atoms with Crippen LogP contribution in [-0.2, 0) is 9.59 Å². The molecule has 5 nitrogen and oxygen atoms in total. The molecule has 1 aliphatic heterocycles. The Morgan fingerprint density at radius 2 is 2.07 bits per heavy atom. The second-order valence-electron chi connectivity index (χ2n) is 8.65. The molecule has 0 saturated heterocycles. The van der Waals surface area contributed by atoms with Crippen LogP contribution in [-0.4, -0.2) is 25.0 Å². The number of ether oxygens (including phenoxy) is 1. The van der Waals surface area contributed by atoms with E-state index in [0.29, 0.717) is 36.9 Å². The van der Waals surface area contributed by atoms with Gasteiger partial charge in [0.1, 0.15) is 12.4 Å². The average molecular weight is 385 g/mol. The minimum atomic E-state index is -0.620. The highest BCUT2D eigenvalue weighted by Gasteiger charge is 2.37. The van der Waals surface area contributed by atoms with Gasteiger partial charge in [0.05, 0.1) is 11.1 Å². The zero-order chi connectivity index (χ0) is 20.1. The lowest BCUT2D eigenvalue weighted by Gasteiger charge is -2.27. The molecule has 0 aromatic heterocycles. The van der Waals surface area contributed by atoms with Gasteiger partial charge in [0.15, 0.2) is 0 Å². The van der Waals surface area contributed by atoms with Gasteiger partial charge in [-0.3, -0.25) is 9.59 Å². The second-order valence-corrected chi connectivity index (χ2v) is 8.65. The standard InChI is InChI=1S/C23H32N2O3/c1-4-14-25-19-12-11-18(15-20(19)28-16-23(2,3)22(25)27)24-21(26)13-10-17-8-6-5-7-9-17/h4,11-12,15,17H,1,5-10,13-14,16H2,2-3H3,(H,24,26). The molecule has 1 aromatic carbocycles. The van der Waals surface area contributed by atoms with Crippen LogP contribution >= 0.6 is 0 Å². The lowest BCUT2D eigenvalue weighted by molar-refractivity contribution is -0.127. The highest BCUT2D eigenvalue weighted by atomic mass is 16.5. The first-order valence-corrected chi connectivity index (χ1v) is 10.4. The molecule has 0 unspecified atom stereocenters. The largest absolute Gasteiger partial charge is 0.490 e. The third-order valence-electron chi connectivity index (χ3n) is 5.76. The fourth-order valence-corrected chi connectivity index (χ4v) is 4.07. The van der Waals surface area contributed by atoms with Gasteiger partial charge < -0.3 is 15.0 Å². The minimum Gasteiger partial charge on any atom is -0.490 e. The maximum atomic E-state index is 12.8. The van der Waals surface area contributed by atoms with Crippen molar-refractivity contribution < 1.29 is 14.3 Å². The maximum Gasteiger partial charge on any atom is 0.236 e. The maximum absolute atomic E-state index is 12.8. The van der Waals surface area contributed by atoms with Crippen molar-refractivity contribution in [3.63, 3.8) is 0 Å². The van der Waals surface area contributed by atoms with Crippen LogP contribution in [0.5, 0.6) is 5.75 Å². The number of hydrogen-bond donors (Lipinski definition) is 1. The first-order valence-electron chi connectivity index (χ1n) is 10.4. The molecule has 28 heavy (non-hydrogen) atoms. The molecule has 0 radical (unpaired) electrons. The van der Waals surface area contributed by atoms with E-state index in [1.165, 1.54) is 32.1 Å². The first-order chi connectivity index (χ1) is 13.4. The number of anilines is 2. The van der Waals surface area contributed by atoms with E-state index in [1.54, 1.807) is 11.0 Å². The molecule has 3 rings (SSSR count). The molecule has 2 amide bonds. The summed E-state index contributed by atoms with van der Waals surface area (Å²) in [5.74, 6) is 1.36. The van der Waals surface area contributed by atoms with Gasteiger partial charge in [-0.25, -0.2) is 0 Å². The first kappa shape index (κ1) is 20.4. The number of nitrogens with one attached hydrogen (secondary N) is 1. The van der Waals surface area contributed by atoms with Crippen LogP contribution in [0.4, 0.5) is 11.4 Å². The Morgan fingerprint density at radius 3 is 2.79 bits per heavy atom. The quantitative estimate of drug-likeness (QED) is 0.708. The van der Waals surface area contributed by atoms with E-state index in [-0.39, 0.29) is 11.8 Å². The molecule has 1 fully saturated rings.